The fourth-order valence-electron chi connectivity index (χ4n) is 2.72. The van der Waals surface area contributed by atoms with E-state index < -0.39 is 21.2 Å². The minimum absolute atomic E-state index is 0.0125. The molecule has 3 aromatic rings. The number of methoxy groups -OCH3 is 1. The van der Waals surface area contributed by atoms with Gasteiger partial charge in [-0.1, -0.05) is 23.7 Å². The zero-order valence-electron chi connectivity index (χ0n) is 17.2. The monoisotopic (exact) mass is 492 g/mol. The predicted molar refractivity (Wildman–Crippen MR) is 127 cm³/mol. The zero-order chi connectivity index (χ0) is 23.3. The van der Waals surface area contributed by atoms with Crippen LogP contribution >= 0.6 is 23.4 Å². The van der Waals surface area contributed by atoms with Gasteiger partial charge in [0.2, 0.25) is 5.91 Å². The first-order valence-electron chi connectivity index (χ1n) is 9.41. The number of aromatic hydroxyl groups is 1. The molecule has 0 saturated heterocycles. The normalized spacial score (nSPS) is 12.1. The Balaban J connectivity index is 1.77. The summed E-state index contributed by atoms with van der Waals surface area (Å²) in [7, 11) is -2.57. The molecular weight excluding hydrogens is 472 g/mol. The minimum Gasteiger partial charge on any atom is -0.506 e. The number of rotatable bonds is 8. The summed E-state index contributed by atoms with van der Waals surface area (Å²) in [4.78, 5) is 13.3. The smallest absolute Gasteiger partial charge is 0.262 e. The molecule has 0 spiro atoms. The zero-order valence-corrected chi connectivity index (χ0v) is 19.6. The van der Waals surface area contributed by atoms with Gasteiger partial charge >= 0.3 is 0 Å². The molecule has 0 aliphatic heterocycles. The van der Waals surface area contributed by atoms with Gasteiger partial charge in [-0.15, -0.1) is 11.8 Å². The van der Waals surface area contributed by atoms with Crippen LogP contribution < -0.4 is 14.8 Å². The van der Waals surface area contributed by atoms with Crippen LogP contribution in [0.1, 0.15) is 6.92 Å². The second kappa shape index (κ2) is 10.2. The number of hydrogen-bond acceptors (Lipinski definition) is 6. The van der Waals surface area contributed by atoms with Crippen LogP contribution in [0.2, 0.25) is 5.02 Å². The van der Waals surface area contributed by atoms with Crippen LogP contribution in [0.4, 0.5) is 11.4 Å². The van der Waals surface area contributed by atoms with Crippen molar-refractivity contribution in [1.29, 1.82) is 0 Å². The second-order valence-electron chi connectivity index (χ2n) is 6.69. The summed E-state index contributed by atoms with van der Waals surface area (Å²) in [6.45, 7) is 1.70. The van der Waals surface area contributed by atoms with Gasteiger partial charge in [-0.2, -0.15) is 0 Å². The van der Waals surface area contributed by atoms with E-state index in [1.54, 1.807) is 55.5 Å². The van der Waals surface area contributed by atoms with E-state index in [0.29, 0.717) is 10.8 Å². The molecular formula is C22H21ClN2O5S2. The van der Waals surface area contributed by atoms with Crippen molar-refractivity contribution < 1.29 is 23.1 Å². The van der Waals surface area contributed by atoms with Crippen molar-refractivity contribution in [2.45, 2.75) is 22.0 Å². The third-order valence-corrected chi connectivity index (χ3v) is 7.11. The summed E-state index contributed by atoms with van der Waals surface area (Å²) in [6, 6.07) is 17.3. The molecule has 0 fully saturated rings. The summed E-state index contributed by atoms with van der Waals surface area (Å²) in [5.74, 6) is -0.290. The number of sulfonamides is 1. The van der Waals surface area contributed by atoms with Crippen LogP contribution in [0.15, 0.2) is 76.5 Å². The van der Waals surface area contributed by atoms with E-state index >= 15 is 0 Å². The molecule has 7 nitrogen and oxygen atoms in total. The fraction of sp³-hybridized carbons (Fsp3) is 0.136. The molecule has 1 amide bonds. The molecule has 1 unspecified atom stereocenters. The lowest BCUT2D eigenvalue weighted by molar-refractivity contribution is -0.115. The number of ether oxygens (including phenoxy) is 1. The van der Waals surface area contributed by atoms with Gasteiger partial charge in [-0.05, 0) is 61.5 Å². The van der Waals surface area contributed by atoms with Gasteiger partial charge in [0.25, 0.3) is 10.0 Å². The predicted octanol–water partition coefficient (Wildman–Crippen LogP) is 4.97. The molecule has 3 rings (SSSR count). The lowest BCUT2D eigenvalue weighted by Gasteiger charge is -2.15. The van der Waals surface area contributed by atoms with Crippen LogP contribution in [0.5, 0.6) is 11.5 Å². The molecule has 0 bridgehead atoms. The number of para-hydroxylation sites is 2. The van der Waals surface area contributed by atoms with Gasteiger partial charge in [0, 0.05) is 9.92 Å². The molecule has 0 aliphatic rings. The summed E-state index contributed by atoms with van der Waals surface area (Å²) in [6.07, 6.45) is 0. The van der Waals surface area contributed by atoms with Crippen molar-refractivity contribution in [2.24, 2.45) is 0 Å². The van der Waals surface area contributed by atoms with Crippen LogP contribution in [0, 0.1) is 0 Å². The Morgan fingerprint density at radius 1 is 1.06 bits per heavy atom. The molecule has 0 saturated carbocycles. The molecule has 32 heavy (non-hydrogen) atoms. The number of amides is 1. The van der Waals surface area contributed by atoms with Crippen molar-refractivity contribution in [3.05, 3.63) is 71.8 Å². The Labute approximate surface area is 195 Å². The maximum atomic E-state index is 12.8. The number of nitrogens with one attached hydrogen (secondary N) is 2. The van der Waals surface area contributed by atoms with Crippen molar-refractivity contribution in [3.63, 3.8) is 0 Å². The standard InChI is InChI=1S/C22H21ClN2O5S2/c1-14(31-16-9-7-15(23)8-10-16)22(27)24-19-13-17(11-12-20(19)26)32(28,29)25-18-5-3-4-6-21(18)30-2/h3-14,25-26H,1-2H3,(H,24,27). The third-order valence-electron chi connectivity index (χ3n) is 4.38. The number of phenolic OH excluding ortho intramolecular Hbond substituents is 1. The highest BCUT2D eigenvalue weighted by atomic mass is 35.5. The second-order valence-corrected chi connectivity index (χ2v) is 10.2. The molecule has 168 valence electrons. The highest BCUT2D eigenvalue weighted by Crippen LogP contribution is 2.31. The van der Waals surface area contributed by atoms with E-state index in [1.165, 1.54) is 37.1 Å². The molecule has 3 N–H and O–H groups in total. The first-order chi connectivity index (χ1) is 15.2. The number of benzene rings is 3. The Morgan fingerprint density at radius 2 is 1.75 bits per heavy atom. The first kappa shape index (κ1) is 23.8. The topological polar surface area (TPSA) is 105 Å². The number of carbonyl (C=O) groups excluding carboxylic acids is 1. The summed E-state index contributed by atoms with van der Waals surface area (Å²) in [5.41, 5.74) is 0.253. The van der Waals surface area contributed by atoms with E-state index in [0.717, 1.165) is 4.90 Å². The summed E-state index contributed by atoms with van der Waals surface area (Å²) in [5, 5.41) is 12.8. The Bertz CT molecular complexity index is 1220. The number of thioether (sulfide) groups is 1. The van der Waals surface area contributed by atoms with E-state index in [-0.39, 0.29) is 22.0 Å². The van der Waals surface area contributed by atoms with Gasteiger partial charge < -0.3 is 15.2 Å². The van der Waals surface area contributed by atoms with Crippen LogP contribution in [-0.2, 0) is 14.8 Å². The fourth-order valence-corrected chi connectivity index (χ4v) is 4.81. The minimum atomic E-state index is -4.00. The average molecular weight is 493 g/mol. The molecule has 0 aromatic heterocycles. The molecule has 1 atom stereocenters. The van der Waals surface area contributed by atoms with Gasteiger partial charge in [0.15, 0.2) is 0 Å². The van der Waals surface area contributed by atoms with Crippen molar-refractivity contribution in [3.8, 4) is 11.5 Å². The average Bonchev–Trinajstić information content (AvgIpc) is 2.76. The highest BCUT2D eigenvalue weighted by Gasteiger charge is 2.21. The Hall–Kier alpha value is -2.88. The van der Waals surface area contributed by atoms with Gasteiger partial charge in [0.1, 0.15) is 11.5 Å². The molecule has 3 aromatic carbocycles. The SMILES string of the molecule is COc1ccccc1NS(=O)(=O)c1ccc(O)c(NC(=O)C(C)Sc2ccc(Cl)cc2)c1. The highest BCUT2D eigenvalue weighted by molar-refractivity contribution is 8.00. The van der Waals surface area contributed by atoms with Crippen molar-refractivity contribution >= 4 is 50.7 Å². The van der Waals surface area contributed by atoms with Crippen molar-refractivity contribution in [1.82, 2.24) is 0 Å². The molecule has 10 heteroatoms. The maximum Gasteiger partial charge on any atom is 0.262 e. The van der Waals surface area contributed by atoms with E-state index in [2.05, 4.69) is 10.0 Å². The van der Waals surface area contributed by atoms with Crippen LogP contribution in [-0.4, -0.2) is 31.8 Å². The number of anilines is 2. The van der Waals surface area contributed by atoms with Gasteiger partial charge in [0.05, 0.1) is 28.6 Å². The number of halogens is 1. The summed E-state index contributed by atoms with van der Waals surface area (Å²) >= 11 is 7.18. The maximum absolute atomic E-state index is 12.8. The van der Waals surface area contributed by atoms with Crippen molar-refractivity contribution in [2.75, 3.05) is 17.1 Å². The van der Waals surface area contributed by atoms with Gasteiger partial charge in [-0.25, -0.2) is 8.42 Å². The van der Waals surface area contributed by atoms with E-state index in [9.17, 15) is 18.3 Å². The quantitative estimate of drug-likeness (QED) is 0.303. The van der Waals surface area contributed by atoms with Crippen LogP contribution in [0.3, 0.4) is 0 Å². The largest absolute Gasteiger partial charge is 0.506 e. The van der Waals surface area contributed by atoms with E-state index in [4.69, 9.17) is 16.3 Å². The van der Waals surface area contributed by atoms with Crippen LogP contribution in [0.25, 0.3) is 0 Å². The number of hydrogen-bond donors (Lipinski definition) is 3. The Morgan fingerprint density at radius 3 is 2.44 bits per heavy atom. The van der Waals surface area contributed by atoms with Gasteiger partial charge in [-0.3, -0.25) is 9.52 Å². The Kier molecular flexibility index (Phi) is 7.55. The molecule has 0 radical (unpaired) electrons. The van der Waals surface area contributed by atoms with E-state index in [1.807, 2.05) is 0 Å². The third kappa shape index (κ3) is 5.87. The first-order valence-corrected chi connectivity index (χ1v) is 12.2. The summed E-state index contributed by atoms with van der Waals surface area (Å²) < 4.78 is 33.3. The number of carbonyl (C=O) groups is 1. The molecule has 0 aliphatic carbocycles. The lowest BCUT2D eigenvalue weighted by Crippen LogP contribution is -2.22. The molecule has 0 heterocycles. The number of phenols is 1. The lowest BCUT2D eigenvalue weighted by atomic mass is 10.3.